The molecule has 1 aromatic carbocycles. The summed E-state index contributed by atoms with van der Waals surface area (Å²) in [5.74, 6) is -0.395. The number of esters is 1. The molecule has 3 heteroatoms. The molecule has 0 radical (unpaired) electrons. The fourth-order valence-electron chi connectivity index (χ4n) is 2.24. The molecule has 0 spiro atoms. The van der Waals surface area contributed by atoms with Gasteiger partial charge < -0.3 is 4.74 Å². The second-order valence-electron chi connectivity index (χ2n) is 5.14. The predicted molar refractivity (Wildman–Crippen MR) is 72.7 cm³/mol. The number of hydrogen-bond acceptors (Lipinski definition) is 2. The maximum Gasteiger partial charge on any atom is 0.335 e. The second-order valence-corrected chi connectivity index (χ2v) is 5.14. The van der Waals surface area contributed by atoms with E-state index in [-0.39, 0.29) is 0 Å². The zero-order valence-electron chi connectivity index (χ0n) is 11.6. The predicted octanol–water partition coefficient (Wildman–Crippen LogP) is 2.68. The molecule has 0 heterocycles. The molecule has 0 fully saturated rings. The number of carbonyl (C=O) groups is 1. The Labute approximate surface area is 109 Å². The van der Waals surface area contributed by atoms with Gasteiger partial charge in [-0.3, -0.25) is 4.48 Å². The van der Waals surface area contributed by atoms with Gasteiger partial charge in [0.1, 0.15) is 0 Å². The summed E-state index contributed by atoms with van der Waals surface area (Å²) in [5.41, 5.74) is 0.308. The summed E-state index contributed by atoms with van der Waals surface area (Å²) < 4.78 is 6.21. The highest BCUT2D eigenvalue weighted by Crippen LogP contribution is 2.36. The maximum atomic E-state index is 11.7. The Hall–Kier alpha value is -1.61. The summed E-state index contributed by atoms with van der Waals surface area (Å²) >= 11 is 0. The van der Waals surface area contributed by atoms with Gasteiger partial charge in [0.25, 0.3) is 5.72 Å². The van der Waals surface area contributed by atoms with Crippen molar-refractivity contribution >= 4 is 5.97 Å². The highest BCUT2D eigenvalue weighted by Gasteiger charge is 2.46. The van der Waals surface area contributed by atoms with E-state index in [1.54, 1.807) is 0 Å². The van der Waals surface area contributed by atoms with E-state index < -0.39 is 11.7 Å². The van der Waals surface area contributed by atoms with Crippen molar-refractivity contribution in [3.05, 3.63) is 48.6 Å². The van der Waals surface area contributed by atoms with Crippen LogP contribution in [0.15, 0.2) is 43.0 Å². The van der Waals surface area contributed by atoms with Crippen LogP contribution in [0.1, 0.15) is 18.9 Å². The Morgan fingerprint density at radius 2 is 1.89 bits per heavy atom. The van der Waals surface area contributed by atoms with Gasteiger partial charge in [-0.2, -0.15) is 0 Å². The first-order valence-corrected chi connectivity index (χ1v) is 6.10. The lowest BCUT2D eigenvalue weighted by Gasteiger charge is -2.44. The van der Waals surface area contributed by atoms with Gasteiger partial charge in [-0.25, -0.2) is 4.79 Å². The molecule has 1 unspecified atom stereocenters. The molecule has 3 nitrogen and oxygen atoms in total. The summed E-state index contributed by atoms with van der Waals surface area (Å²) in [5, 5.41) is 0. The van der Waals surface area contributed by atoms with Crippen molar-refractivity contribution in [3.8, 4) is 0 Å². The summed E-state index contributed by atoms with van der Waals surface area (Å²) in [6, 6.07) is 9.84. The van der Waals surface area contributed by atoms with E-state index in [4.69, 9.17) is 4.74 Å². The van der Waals surface area contributed by atoms with Crippen LogP contribution in [0.2, 0.25) is 0 Å². The van der Waals surface area contributed by atoms with Crippen molar-refractivity contribution < 1.29 is 14.0 Å². The molecule has 0 saturated carbocycles. The Bertz CT molecular complexity index is 420. The quantitative estimate of drug-likeness (QED) is 0.346. The van der Waals surface area contributed by atoms with E-state index in [9.17, 15) is 4.79 Å². The van der Waals surface area contributed by atoms with Gasteiger partial charge in [0, 0.05) is 12.5 Å². The minimum atomic E-state index is -0.688. The number of ether oxygens (including phenoxy) is 1. The third-order valence-corrected chi connectivity index (χ3v) is 3.22. The first-order valence-electron chi connectivity index (χ1n) is 6.10. The number of carbonyl (C=O) groups excluding carboxylic acids is 1. The Morgan fingerprint density at radius 3 is 2.28 bits per heavy atom. The minimum Gasteiger partial charge on any atom is -0.402 e. The van der Waals surface area contributed by atoms with Crippen molar-refractivity contribution in [1.82, 2.24) is 0 Å². The zero-order chi connectivity index (χ0) is 13.8. The number of benzene rings is 1. The fourth-order valence-corrected chi connectivity index (χ4v) is 2.24. The standard InChI is InChI=1S/C15H22NO2/c1-6-14(17)18-15(7-2,16(3,4)5)13-11-9-8-10-12-13/h6,8-12H,1,7H2,2-5H3/q+1. The van der Waals surface area contributed by atoms with Gasteiger partial charge >= 0.3 is 5.97 Å². The lowest BCUT2D eigenvalue weighted by atomic mass is 9.96. The largest absolute Gasteiger partial charge is 0.402 e. The molecule has 18 heavy (non-hydrogen) atoms. The van der Waals surface area contributed by atoms with E-state index in [2.05, 4.69) is 6.58 Å². The number of rotatable bonds is 5. The lowest BCUT2D eigenvalue weighted by Crippen LogP contribution is -2.56. The summed E-state index contributed by atoms with van der Waals surface area (Å²) in [7, 11) is 6.06. The molecular formula is C15H22NO2+. The van der Waals surface area contributed by atoms with Gasteiger partial charge in [-0.15, -0.1) is 0 Å². The Kier molecular flexibility index (Phi) is 4.30. The van der Waals surface area contributed by atoms with Gasteiger partial charge in [-0.1, -0.05) is 31.7 Å². The van der Waals surface area contributed by atoms with Crippen molar-refractivity contribution in [2.24, 2.45) is 0 Å². The van der Waals surface area contributed by atoms with Gasteiger partial charge in [0.15, 0.2) is 0 Å². The van der Waals surface area contributed by atoms with Crippen LogP contribution in [-0.4, -0.2) is 31.6 Å². The van der Waals surface area contributed by atoms with E-state index in [1.807, 2.05) is 58.4 Å². The van der Waals surface area contributed by atoms with Gasteiger partial charge in [-0.05, 0) is 12.1 Å². The topological polar surface area (TPSA) is 26.3 Å². The van der Waals surface area contributed by atoms with Crippen molar-refractivity contribution in [2.75, 3.05) is 21.1 Å². The third-order valence-electron chi connectivity index (χ3n) is 3.22. The highest BCUT2D eigenvalue weighted by atomic mass is 16.6. The molecule has 0 amide bonds. The molecule has 1 rings (SSSR count). The summed E-state index contributed by atoms with van der Waals surface area (Å²) in [6.07, 6.45) is 1.91. The van der Waals surface area contributed by atoms with Gasteiger partial charge in [0.05, 0.1) is 26.7 Å². The SMILES string of the molecule is C=CC(=O)OC(CC)(c1ccccc1)[N+](C)(C)C. The first kappa shape index (κ1) is 14.5. The van der Waals surface area contributed by atoms with Crippen LogP contribution in [0, 0.1) is 0 Å². The molecule has 0 N–H and O–H groups in total. The summed E-state index contributed by atoms with van der Waals surface area (Å²) in [4.78, 5) is 11.7. The Balaban J connectivity index is 3.32. The molecule has 0 saturated heterocycles. The highest BCUT2D eigenvalue weighted by molar-refractivity contribution is 5.81. The fraction of sp³-hybridized carbons (Fsp3) is 0.400. The van der Waals surface area contributed by atoms with Gasteiger partial charge in [0.2, 0.25) is 0 Å². The number of quaternary nitrogens is 1. The second kappa shape index (κ2) is 5.36. The average Bonchev–Trinajstić information content (AvgIpc) is 2.35. The smallest absolute Gasteiger partial charge is 0.335 e. The normalized spacial score (nSPS) is 14.7. The molecule has 0 aliphatic rings. The van der Waals surface area contributed by atoms with Crippen LogP contribution in [0.5, 0.6) is 0 Å². The van der Waals surface area contributed by atoms with E-state index in [0.717, 1.165) is 5.56 Å². The lowest BCUT2D eigenvalue weighted by molar-refractivity contribution is -0.957. The molecular weight excluding hydrogens is 226 g/mol. The van der Waals surface area contributed by atoms with Crippen LogP contribution >= 0.6 is 0 Å². The monoisotopic (exact) mass is 248 g/mol. The van der Waals surface area contributed by atoms with Crippen LogP contribution in [0.25, 0.3) is 0 Å². The van der Waals surface area contributed by atoms with Crippen LogP contribution in [0.3, 0.4) is 0 Å². The molecule has 0 bridgehead atoms. The maximum absolute atomic E-state index is 11.7. The minimum absolute atomic E-state index is 0.395. The molecule has 1 aromatic rings. The number of hydrogen-bond donors (Lipinski definition) is 0. The average molecular weight is 248 g/mol. The molecule has 0 aromatic heterocycles. The van der Waals surface area contributed by atoms with Crippen molar-refractivity contribution in [2.45, 2.75) is 19.1 Å². The van der Waals surface area contributed by atoms with Crippen LogP contribution < -0.4 is 0 Å². The van der Waals surface area contributed by atoms with E-state index in [0.29, 0.717) is 10.9 Å². The molecule has 0 aliphatic heterocycles. The van der Waals surface area contributed by atoms with Crippen LogP contribution in [-0.2, 0) is 15.3 Å². The summed E-state index contributed by atoms with van der Waals surface area (Å²) in [6.45, 7) is 5.49. The molecule has 1 atom stereocenters. The van der Waals surface area contributed by atoms with E-state index in [1.165, 1.54) is 6.08 Å². The van der Waals surface area contributed by atoms with Crippen LogP contribution in [0.4, 0.5) is 0 Å². The molecule has 98 valence electrons. The van der Waals surface area contributed by atoms with Crippen molar-refractivity contribution in [1.29, 1.82) is 0 Å². The molecule has 0 aliphatic carbocycles. The van der Waals surface area contributed by atoms with Crippen molar-refractivity contribution in [3.63, 3.8) is 0 Å². The zero-order valence-corrected chi connectivity index (χ0v) is 11.6. The number of nitrogens with zero attached hydrogens (tertiary/aromatic N) is 1. The third kappa shape index (κ3) is 2.62. The first-order chi connectivity index (χ1) is 8.37. The van der Waals surface area contributed by atoms with E-state index >= 15 is 0 Å². The Morgan fingerprint density at radius 1 is 1.33 bits per heavy atom.